The van der Waals surface area contributed by atoms with Crippen LogP contribution in [0.4, 0.5) is 5.82 Å². The quantitative estimate of drug-likeness (QED) is 0.513. The summed E-state index contributed by atoms with van der Waals surface area (Å²) < 4.78 is 13.4. The lowest BCUT2D eigenvalue weighted by Gasteiger charge is -2.32. The molecule has 1 aliphatic rings. The molecule has 1 fully saturated rings. The Kier molecular flexibility index (Phi) is 7.55. The van der Waals surface area contributed by atoms with Crippen molar-refractivity contribution in [3.63, 3.8) is 0 Å². The van der Waals surface area contributed by atoms with Gasteiger partial charge in [0.1, 0.15) is 5.52 Å². The molecule has 8 heteroatoms. The fourth-order valence-corrected chi connectivity index (χ4v) is 4.63. The van der Waals surface area contributed by atoms with Crippen LogP contribution in [-0.2, 0) is 17.9 Å². The molecule has 2 aromatic heterocycles. The molecule has 1 aliphatic heterocycles. The Morgan fingerprint density at radius 3 is 2.53 bits per heavy atom. The van der Waals surface area contributed by atoms with Gasteiger partial charge < -0.3 is 19.7 Å². The third-order valence-electron chi connectivity index (χ3n) is 6.36. The molecule has 1 saturated heterocycles. The number of carbonyl (C=O) groups is 1. The summed E-state index contributed by atoms with van der Waals surface area (Å²) >= 11 is 0. The maximum atomic E-state index is 12.9. The average molecular weight is 466 g/mol. The number of piperidine rings is 1. The zero-order valence-corrected chi connectivity index (χ0v) is 20.6. The van der Waals surface area contributed by atoms with E-state index in [1.54, 1.807) is 0 Å². The predicted molar refractivity (Wildman–Crippen MR) is 134 cm³/mol. The summed E-state index contributed by atoms with van der Waals surface area (Å²) in [7, 11) is 0. The van der Waals surface area contributed by atoms with Crippen LogP contribution in [0.15, 0.2) is 30.5 Å². The summed E-state index contributed by atoms with van der Waals surface area (Å²) in [5.41, 5.74) is 3.11. The lowest BCUT2D eigenvalue weighted by atomic mass is 9.95. The SMILES string of the molecule is CCOc1ccc(CNC(=O)C2CCN(c3nccc4c(C)nn(CC)c34)CC2)cc1OCC. The number of fused-ring (bicyclic) bond motifs is 1. The van der Waals surface area contributed by atoms with Crippen molar-refractivity contribution in [2.45, 2.75) is 53.6 Å². The molecule has 0 unspecified atom stereocenters. The number of amides is 1. The minimum atomic E-state index is 0.00216. The fraction of sp³-hybridized carbons (Fsp3) is 0.500. The van der Waals surface area contributed by atoms with Crippen LogP contribution in [0.1, 0.15) is 44.9 Å². The maximum absolute atomic E-state index is 12.9. The topological polar surface area (TPSA) is 81.5 Å². The largest absolute Gasteiger partial charge is 0.490 e. The van der Waals surface area contributed by atoms with E-state index >= 15 is 0 Å². The number of pyridine rings is 1. The van der Waals surface area contributed by atoms with E-state index in [9.17, 15) is 4.79 Å². The van der Waals surface area contributed by atoms with Gasteiger partial charge in [-0.15, -0.1) is 0 Å². The molecule has 3 aromatic rings. The van der Waals surface area contributed by atoms with Gasteiger partial charge in [-0.3, -0.25) is 9.48 Å². The fourth-order valence-electron chi connectivity index (χ4n) is 4.63. The van der Waals surface area contributed by atoms with Gasteiger partial charge in [-0.2, -0.15) is 5.10 Å². The second-order valence-corrected chi connectivity index (χ2v) is 8.56. The number of anilines is 1. The Balaban J connectivity index is 1.37. The summed E-state index contributed by atoms with van der Waals surface area (Å²) in [4.78, 5) is 19.9. The van der Waals surface area contributed by atoms with Crippen molar-refractivity contribution in [2.75, 3.05) is 31.2 Å². The standard InChI is InChI=1S/C26H35N5O3/c1-5-31-24-21(18(4)29-31)10-13-27-25(24)30-14-11-20(12-15-30)26(32)28-17-19-8-9-22(33-6-2)23(16-19)34-7-3/h8-10,13,16,20H,5-7,11-12,14-15,17H2,1-4H3,(H,28,32). The average Bonchev–Trinajstić information content (AvgIpc) is 3.20. The normalized spacial score (nSPS) is 14.4. The first-order valence-electron chi connectivity index (χ1n) is 12.3. The van der Waals surface area contributed by atoms with Gasteiger partial charge in [-0.25, -0.2) is 4.98 Å². The van der Waals surface area contributed by atoms with Crippen LogP contribution in [0.25, 0.3) is 10.9 Å². The van der Waals surface area contributed by atoms with Crippen LogP contribution >= 0.6 is 0 Å². The van der Waals surface area contributed by atoms with Crippen LogP contribution in [-0.4, -0.2) is 47.0 Å². The minimum Gasteiger partial charge on any atom is -0.490 e. The van der Waals surface area contributed by atoms with Crippen LogP contribution in [0.2, 0.25) is 0 Å². The van der Waals surface area contributed by atoms with Gasteiger partial charge in [-0.1, -0.05) is 6.07 Å². The Hall–Kier alpha value is -3.29. The van der Waals surface area contributed by atoms with Gasteiger partial charge in [0.05, 0.1) is 18.9 Å². The van der Waals surface area contributed by atoms with Gasteiger partial charge in [0.2, 0.25) is 5.91 Å². The predicted octanol–water partition coefficient (Wildman–Crippen LogP) is 4.09. The number of hydrogen-bond acceptors (Lipinski definition) is 6. The van der Waals surface area contributed by atoms with Gasteiger partial charge in [0.15, 0.2) is 17.3 Å². The molecule has 182 valence electrons. The number of aryl methyl sites for hydroxylation is 2. The molecular formula is C26H35N5O3. The smallest absolute Gasteiger partial charge is 0.223 e. The summed E-state index contributed by atoms with van der Waals surface area (Å²) in [6.45, 7) is 12.1. The van der Waals surface area contributed by atoms with Gasteiger partial charge in [0.25, 0.3) is 0 Å². The number of hydrogen-bond donors (Lipinski definition) is 1. The molecule has 1 N–H and O–H groups in total. The lowest BCUT2D eigenvalue weighted by Crippen LogP contribution is -2.40. The van der Waals surface area contributed by atoms with Crippen molar-refractivity contribution in [1.82, 2.24) is 20.1 Å². The van der Waals surface area contributed by atoms with E-state index in [1.165, 1.54) is 0 Å². The maximum Gasteiger partial charge on any atom is 0.223 e. The van der Waals surface area contributed by atoms with E-state index in [0.29, 0.717) is 25.5 Å². The highest BCUT2D eigenvalue weighted by atomic mass is 16.5. The molecule has 4 rings (SSSR count). The van der Waals surface area contributed by atoms with E-state index in [2.05, 4.69) is 27.2 Å². The number of rotatable bonds is 9. The highest BCUT2D eigenvalue weighted by Gasteiger charge is 2.27. The Labute approximate surface area is 201 Å². The summed E-state index contributed by atoms with van der Waals surface area (Å²) in [5, 5.41) is 8.92. The molecule has 0 atom stereocenters. The van der Waals surface area contributed by atoms with Crippen LogP contribution in [0, 0.1) is 12.8 Å². The molecular weight excluding hydrogens is 430 g/mol. The zero-order valence-electron chi connectivity index (χ0n) is 20.6. The Bertz CT molecular complexity index is 1130. The molecule has 0 saturated carbocycles. The molecule has 0 spiro atoms. The first-order chi connectivity index (χ1) is 16.5. The van der Waals surface area contributed by atoms with Crippen LogP contribution in [0.5, 0.6) is 11.5 Å². The monoisotopic (exact) mass is 465 g/mol. The summed E-state index contributed by atoms with van der Waals surface area (Å²) in [5.74, 6) is 2.52. The van der Waals surface area contributed by atoms with E-state index in [-0.39, 0.29) is 11.8 Å². The zero-order chi connectivity index (χ0) is 24.1. The molecule has 0 radical (unpaired) electrons. The number of aromatic nitrogens is 3. The Morgan fingerprint density at radius 2 is 1.82 bits per heavy atom. The second-order valence-electron chi connectivity index (χ2n) is 8.56. The van der Waals surface area contributed by atoms with Gasteiger partial charge in [0, 0.05) is 43.7 Å². The molecule has 1 amide bonds. The molecule has 8 nitrogen and oxygen atoms in total. The molecule has 3 heterocycles. The lowest BCUT2D eigenvalue weighted by molar-refractivity contribution is -0.125. The third kappa shape index (κ3) is 4.95. The van der Waals surface area contributed by atoms with E-state index in [4.69, 9.17) is 9.47 Å². The van der Waals surface area contributed by atoms with Crippen molar-refractivity contribution < 1.29 is 14.3 Å². The van der Waals surface area contributed by atoms with Gasteiger partial charge >= 0.3 is 0 Å². The highest BCUT2D eigenvalue weighted by molar-refractivity contribution is 5.91. The van der Waals surface area contributed by atoms with E-state index in [1.807, 2.05) is 55.9 Å². The van der Waals surface area contributed by atoms with E-state index < -0.39 is 0 Å². The highest BCUT2D eigenvalue weighted by Crippen LogP contribution is 2.31. The van der Waals surface area contributed by atoms with Crippen LogP contribution < -0.4 is 19.7 Å². The molecule has 0 bridgehead atoms. The molecule has 34 heavy (non-hydrogen) atoms. The number of carbonyl (C=O) groups excluding carboxylic acids is 1. The number of nitrogens with zero attached hydrogens (tertiary/aromatic N) is 4. The van der Waals surface area contributed by atoms with Crippen LogP contribution in [0.3, 0.4) is 0 Å². The number of ether oxygens (including phenoxy) is 2. The van der Waals surface area contributed by atoms with Crippen molar-refractivity contribution in [3.05, 3.63) is 41.7 Å². The summed E-state index contributed by atoms with van der Waals surface area (Å²) in [6.07, 6.45) is 3.46. The van der Waals surface area contributed by atoms with Crippen molar-refractivity contribution in [1.29, 1.82) is 0 Å². The number of benzene rings is 1. The Morgan fingerprint density at radius 1 is 1.09 bits per heavy atom. The first kappa shape index (κ1) is 23.9. The second kappa shape index (κ2) is 10.8. The number of nitrogens with one attached hydrogen (secondary N) is 1. The minimum absolute atomic E-state index is 0.00216. The third-order valence-corrected chi connectivity index (χ3v) is 6.36. The first-order valence-corrected chi connectivity index (χ1v) is 12.3. The van der Waals surface area contributed by atoms with Crippen molar-refractivity contribution in [2.24, 2.45) is 5.92 Å². The van der Waals surface area contributed by atoms with E-state index in [0.717, 1.165) is 66.2 Å². The van der Waals surface area contributed by atoms with Crippen molar-refractivity contribution in [3.8, 4) is 11.5 Å². The van der Waals surface area contributed by atoms with Crippen molar-refractivity contribution >= 4 is 22.6 Å². The molecule has 1 aromatic carbocycles. The summed E-state index contributed by atoms with van der Waals surface area (Å²) in [6, 6.07) is 7.86. The molecule has 0 aliphatic carbocycles. The van der Waals surface area contributed by atoms with Gasteiger partial charge in [-0.05, 0) is 64.3 Å².